The molecule has 0 aliphatic rings. The number of aliphatic hydroxyl groups is 1. The predicted octanol–water partition coefficient (Wildman–Crippen LogP) is 1.51. The van der Waals surface area contributed by atoms with Crippen LogP contribution in [0.5, 0.6) is 5.88 Å². The molecule has 1 aromatic rings. The third-order valence-corrected chi connectivity index (χ3v) is 2.32. The number of hydrogen-bond acceptors (Lipinski definition) is 4. The van der Waals surface area contributed by atoms with Crippen LogP contribution in [-0.2, 0) is 0 Å². The lowest BCUT2D eigenvalue weighted by atomic mass is 10.1. The quantitative estimate of drug-likeness (QED) is 0.689. The van der Waals surface area contributed by atoms with Crippen LogP contribution in [0.2, 0.25) is 0 Å². The molecule has 2 N–H and O–H groups in total. The number of hydrogen-bond donors (Lipinski definition) is 2. The van der Waals surface area contributed by atoms with E-state index in [2.05, 4.69) is 24.1 Å². The van der Waals surface area contributed by atoms with Crippen molar-refractivity contribution in [2.75, 3.05) is 19.8 Å². The molecular formula is C12H20N2O2. The van der Waals surface area contributed by atoms with Gasteiger partial charge in [0.15, 0.2) is 0 Å². The summed E-state index contributed by atoms with van der Waals surface area (Å²) in [5.74, 6) is 0.612. The molecule has 0 saturated carbocycles. The van der Waals surface area contributed by atoms with Crippen molar-refractivity contribution < 1.29 is 9.84 Å². The standard InChI is InChI=1S/C12H20N2O2/c1-3-13-10(2)11-5-6-12(14-9-11)16-8-4-7-15/h5-6,9-10,13,15H,3-4,7-8H2,1-2H3. The van der Waals surface area contributed by atoms with E-state index >= 15 is 0 Å². The summed E-state index contributed by atoms with van der Waals surface area (Å²) < 4.78 is 5.35. The molecule has 0 bridgehead atoms. The van der Waals surface area contributed by atoms with Crippen LogP contribution in [0.15, 0.2) is 18.3 Å². The van der Waals surface area contributed by atoms with E-state index in [-0.39, 0.29) is 6.61 Å². The minimum absolute atomic E-state index is 0.148. The molecule has 1 aromatic heterocycles. The van der Waals surface area contributed by atoms with Crippen molar-refractivity contribution in [1.82, 2.24) is 10.3 Å². The van der Waals surface area contributed by atoms with Gasteiger partial charge in [-0.3, -0.25) is 0 Å². The molecule has 0 saturated heterocycles. The highest BCUT2D eigenvalue weighted by molar-refractivity contribution is 5.20. The van der Waals surface area contributed by atoms with Gasteiger partial charge in [0.25, 0.3) is 0 Å². The fourth-order valence-electron chi connectivity index (χ4n) is 1.40. The van der Waals surface area contributed by atoms with E-state index < -0.39 is 0 Å². The Bertz CT molecular complexity index is 288. The Kier molecular flexibility index (Phi) is 5.82. The zero-order valence-corrected chi connectivity index (χ0v) is 9.94. The lowest BCUT2D eigenvalue weighted by Crippen LogP contribution is -2.17. The Balaban J connectivity index is 2.47. The first-order valence-electron chi connectivity index (χ1n) is 5.71. The van der Waals surface area contributed by atoms with E-state index in [1.54, 1.807) is 0 Å². The minimum Gasteiger partial charge on any atom is -0.478 e. The smallest absolute Gasteiger partial charge is 0.213 e. The third-order valence-electron chi connectivity index (χ3n) is 2.32. The monoisotopic (exact) mass is 224 g/mol. The minimum atomic E-state index is 0.148. The average Bonchev–Trinajstić information content (AvgIpc) is 2.30. The maximum Gasteiger partial charge on any atom is 0.213 e. The molecule has 1 heterocycles. The maximum atomic E-state index is 8.61. The predicted molar refractivity (Wildman–Crippen MR) is 63.5 cm³/mol. The number of nitrogens with zero attached hydrogens (tertiary/aromatic N) is 1. The average molecular weight is 224 g/mol. The lowest BCUT2D eigenvalue weighted by molar-refractivity contribution is 0.229. The summed E-state index contributed by atoms with van der Waals surface area (Å²) in [6.07, 6.45) is 2.46. The van der Waals surface area contributed by atoms with E-state index in [0.29, 0.717) is 24.9 Å². The topological polar surface area (TPSA) is 54.4 Å². The Morgan fingerprint density at radius 3 is 2.88 bits per heavy atom. The first-order valence-corrected chi connectivity index (χ1v) is 5.71. The molecule has 4 nitrogen and oxygen atoms in total. The normalized spacial score (nSPS) is 12.4. The number of pyridine rings is 1. The van der Waals surface area contributed by atoms with Gasteiger partial charge in [0, 0.05) is 31.3 Å². The molecule has 0 amide bonds. The summed E-state index contributed by atoms with van der Waals surface area (Å²) in [5.41, 5.74) is 1.15. The van der Waals surface area contributed by atoms with E-state index in [0.717, 1.165) is 12.1 Å². The van der Waals surface area contributed by atoms with Crippen molar-refractivity contribution in [3.05, 3.63) is 23.9 Å². The van der Waals surface area contributed by atoms with Gasteiger partial charge in [-0.1, -0.05) is 13.0 Å². The summed E-state index contributed by atoms with van der Waals surface area (Å²) in [5, 5.41) is 11.9. The molecule has 0 aromatic carbocycles. The molecular weight excluding hydrogens is 204 g/mol. The van der Waals surface area contributed by atoms with E-state index in [1.165, 1.54) is 0 Å². The Labute approximate surface area is 96.7 Å². The van der Waals surface area contributed by atoms with Crippen molar-refractivity contribution in [3.8, 4) is 5.88 Å². The van der Waals surface area contributed by atoms with Crippen molar-refractivity contribution >= 4 is 0 Å². The van der Waals surface area contributed by atoms with Gasteiger partial charge in [-0.15, -0.1) is 0 Å². The largest absolute Gasteiger partial charge is 0.478 e. The number of nitrogens with one attached hydrogen (secondary N) is 1. The molecule has 1 unspecified atom stereocenters. The van der Waals surface area contributed by atoms with E-state index in [9.17, 15) is 0 Å². The summed E-state index contributed by atoms with van der Waals surface area (Å²) in [6, 6.07) is 4.18. The van der Waals surface area contributed by atoms with Crippen LogP contribution in [0, 0.1) is 0 Å². The highest BCUT2D eigenvalue weighted by Gasteiger charge is 2.04. The Morgan fingerprint density at radius 2 is 2.31 bits per heavy atom. The molecule has 0 spiro atoms. The second kappa shape index (κ2) is 7.19. The van der Waals surface area contributed by atoms with Crippen LogP contribution >= 0.6 is 0 Å². The van der Waals surface area contributed by atoms with Crippen LogP contribution in [0.25, 0.3) is 0 Å². The van der Waals surface area contributed by atoms with Crippen LogP contribution in [0.3, 0.4) is 0 Å². The van der Waals surface area contributed by atoms with E-state index in [1.807, 2.05) is 18.3 Å². The third kappa shape index (κ3) is 4.16. The Hall–Kier alpha value is -1.13. The summed E-state index contributed by atoms with van der Waals surface area (Å²) in [6.45, 7) is 5.78. The van der Waals surface area contributed by atoms with E-state index in [4.69, 9.17) is 9.84 Å². The van der Waals surface area contributed by atoms with Crippen LogP contribution in [-0.4, -0.2) is 29.8 Å². The molecule has 16 heavy (non-hydrogen) atoms. The maximum absolute atomic E-state index is 8.61. The van der Waals surface area contributed by atoms with Crippen LogP contribution in [0.1, 0.15) is 31.9 Å². The lowest BCUT2D eigenvalue weighted by Gasteiger charge is -2.12. The zero-order chi connectivity index (χ0) is 11.8. The number of aliphatic hydroxyl groups excluding tert-OH is 1. The SMILES string of the molecule is CCNC(C)c1ccc(OCCCO)nc1. The molecule has 1 rings (SSSR count). The van der Waals surface area contributed by atoms with Crippen molar-refractivity contribution in [2.24, 2.45) is 0 Å². The summed E-state index contributed by atoms with van der Waals surface area (Å²) in [4.78, 5) is 4.21. The Morgan fingerprint density at radius 1 is 1.50 bits per heavy atom. The van der Waals surface area contributed by atoms with Gasteiger partial charge in [0.05, 0.1) is 6.61 Å². The highest BCUT2D eigenvalue weighted by atomic mass is 16.5. The van der Waals surface area contributed by atoms with Crippen LogP contribution < -0.4 is 10.1 Å². The first kappa shape index (κ1) is 12.9. The van der Waals surface area contributed by atoms with Crippen molar-refractivity contribution in [3.63, 3.8) is 0 Å². The molecule has 90 valence electrons. The molecule has 0 aliphatic heterocycles. The van der Waals surface area contributed by atoms with Gasteiger partial charge in [0.2, 0.25) is 5.88 Å². The van der Waals surface area contributed by atoms with Crippen molar-refractivity contribution in [1.29, 1.82) is 0 Å². The highest BCUT2D eigenvalue weighted by Crippen LogP contribution is 2.14. The van der Waals surface area contributed by atoms with Gasteiger partial charge < -0.3 is 15.2 Å². The number of rotatable bonds is 7. The molecule has 1 atom stereocenters. The van der Waals surface area contributed by atoms with Gasteiger partial charge >= 0.3 is 0 Å². The fourth-order valence-corrected chi connectivity index (χ4v) is 1.40. The number of aromatic nitrogens is 1. The van der Waals surface area contributed by atoms with Gasteiger partial charge in [-0.05, 0) is 19.0 Å². The molecule has 0 fully saturated rings. The first-order chi connectivity index (χ1) is 7.77. The summed E-state index contributed by atoms with van der Waals surface area (Å²) >= 11 is 0. The van der Waals surface area contributed by atoms with Crippen LogP contribution in [0.4, 0.5) is 0 Å². The molecule has 4 heteroatoms. The van der Waals surface area contributed by atoms with Gasteiger partial charge in [0.1, 0.15) is 0 Å². The fraction of sp³-hybridized carbons (Fsp3) is 0.583. The second-order valence-corrected chi connectivity index (χ2v) is 3.63. The van der Waals surface area contributed by atoms with Crippen molar-refractivity contribution in [2.45, 2.75) is 26.3 Å². The molecule has 0 radical (unpaired) electrons. The van der Waals surface area contributed by atoms with Gasteiger partial charge in [-0.2, -0.15) is 0 Å². The number of ether oxygens (including phenoxy) is 1. The molecule has 0 aliphatic carbocycles. The van der Waals surface area contributed by atoms with Gasteiger partial charge in [-0.25, -0.2) is 4.98 Å². The summed E-state index contributed by atoms with van der Waals surface area (Å²) in [7, 11) is 0. The zero-order valence-electron chi connectivity index (χ0n) is 9.94. The second-order valence-electron chi connectivity index (χ2n) is 3.63.